The van der Waals surface area contributed by atoms with Crippen molar-refractivity contribution in [2.75, 3.05) is 13.1 Å². The topological polar surface area (TPSA) is 41.1 Å². The predicted octanol–water partition coefficient (Wildman–Crippen LogP) is 2.24. The second-order valence-electron chi connectivity index (χ2n) is 7.04. The largest absolute Gasteiger partial charge is 0.355 e. The highest BCUT2D eigenvalue weighted by atomic mass is 16.2. The van der Waals surface area contributed by atoms with Gasteiger partial charge in [0.1, 0.15) is 0 Å². The molecule has 3 heteroatoms. The standard InChI is InChI=1S/C16H26N2O/c1-16(2)12-7-6-11(13(16)9-12)10-18-14-5-3-4-8-17-15(14)19/h6,12-14,18H,3-5,7-10H2,1-2H3,(H,17,19). The van der Waals surface area contributed by atoms with Crippen LogP contribution < -0.4 is 10.6 Å². The van der Waals surface area contributed by atoms with Crippen molar-refractivity contribution in [3.05, 3.63) is 11.6 Å². The van der Waals surface area contributed by atoms with Gasteiger partial charge >= 0.3 is 0 Å². The summed E-state index contributed by atoms with van der Waals surface area (Å²) in [5.74, 6) is 1.83. The van der Waals surface area contributed by atoms with Crippen molar-refractivity contribution in [3.63, 3.8) is 0 Å². The lowest BCUT2D eigenvalue weighted by Gasteiger charge is -2.56. The first-order valence-corrected chi connectivity index (χ1v) is 7.79. The third-order valence-electron chi connectivity index (χ3n) is 5.67. The molecule has 3 nitrogen and oxygen atoms in total. The van der Waals surface area contributed by atoms with Gasteiger partial charge in [0.2, 0.25) is 5.91 Å². The molecule has 0 aromatic heterocycles. The maximum Gasteiger partial charge on any atom is 0.237 e. The van der Waals surface area contributed by atoms with Crippen LogP contribution in [0.5, 0.6) is 0 Å². The fourth-order valence-corrected chi connectivity index (χ4v) is 4.05. The molecule has 1 heterocycles. The number of carbonyl (C=O) groups excluding carboxylic acids is 1. The van der Waals surface area contributed by atoms with Crippen LogP contribution in [-0.2, 0) is 4.79 Å². The van der Waals surface area contributed by atoms with Gasteiger partial charge in [-0.05, 0) is 49.4 Å². The highest BCUT2D eigenvalue weighted by Gasteiger charge is 2.50. The Hall–Kier alpha value is -0.830. The summed E-state index contributed by atoms with van der Waals surface area (Å²) in [5, 5.41) is 6.49. The van der Waals surface area contributed by atoms with E-state index >= 15 is 0 Å². The van der Waals surface area contributed by atoms with Gasteiger partial charge in [0.05, 0.1) is 6.04 Å². The normalized spacial score (nSPS) is 36.8. The molecule has 2 fully saturated rings. The predicted molar refractivity (Wildman–Crippen MR) is 76.7 cm³/mol. The van der Waals surface area contributed by atoms with Gasteiger partial charge < -0.3 is 10.6 Å². The van der Waals surface area contributed by atoms with E-state index < -0.39 is 0 Å². The summed E-state index contributed by atoms with van der Waals surface area (Å²) in [6.45, 7) is 6.55. The van der Waals surface area contributed by atoms with Crippen LogP contribution in [0.25, 0.3) is 0 Å². The molecular weight excluding hydrogens is 236 g/mol. The average molecular weight is 262 g/mol. The zero-order valence-electron chi connectivity index (χ0n) is 12.2. The fraction of sp³-hybridized carbons (Fsp3) is 0.812. The average Bonchev–Trinajstić information content (AvgIpc) is 2.61. The Morgan fingerprint density at radius 2 is 2.26 bits per heavy atom. The molecule has 0 aromatic rings. The van der Waals surface area contributed by atoms with Crippen LogP contribution in [0, 0.1) is 17.3 Å². The van der Waals surface area contributed by atoms with Crippen molar-refractivity contribution in [3.8, 4) is 0 Å². The monoisotopic (exact) mass is 262 g/mol. The first kappa shape index (κ1) is 13.2. The van der Waals surface area contributed by atoms with Crippen molar-refractivity contribution in [2.24, 2.45) is 17.3 Å². The van der Waals surface area contributed by atoms with Gasteiger partial charge in [-0.15, -0.1) is 0 Å². The fourth-order valence-electron chi connectivity index (χ4n) is 4.05. The number of carbonyl (C=O) groups is 1. The van der Waals surface area contributed by atoms with E-state index in [1.54, 1.807) is 5.57 Å². The lowest BCUT2D eigenvalue weighted by molar-refractivity contribution is -0.122. The van der Waals surface area contributed by atoms with E-state index in [9.17, 15) is 4.79 Å². The van der Waals surface area contributed by atoms with Crippen molar-refractivity contribution in [1.82, 2.24) is 10.6 Å². The first-order chi connectivity index (χ1) is 9.09. The van der Waals surface area contributed by atoms with Crippen LogP contribution in [0.4, 0.5) is 0 Å². The molecule has 1 saturated heterocycles. The molecule has 4 rings (SSSR count). The van der Waals surface area contributed by atoms with Gasteiger partial charge in [-0.3, -0.25) is 4.79 Å². The smallest absolute Gasteiger partial charge is 0.237 e. The minimum absolute atomic E-state index is 0.0179. The Balaban J connectivity index is 1.57. The highest BCUT2D eigenvalue weighted by molar-refractivity contribution is 5.81. The number of hydrogen-bond acceptors (Lipinski definition) is 2. The maximum absolute atomic E-state index is 11.9. The zero-order chi connectivity index (χ0) is 13.5. The van der Waals surface area contributed by atoms with Gasteiger partial charge in [-0.25, -0.2) is 0 Å². The van der Waals surface area contributed by atoms with Gasteiger partial charge in [0.15, 0.2) is 0 Å². The third kappa shape index (κ3) is 2.33. The lowest BCUT2D eigenvalue weighted by atomic mass is 9.49. The van der Waals surface area contributed by atoms with E-state index in [0.717, 1.165) is 44.2 Å². The molecule has 3 atom stereocenters. The van der Waals surface area contributed by atoms with Crippen molar-refractivity contribution >= 4 is 5.91 Å². The van der Waals surface area contributed by atoms with Gasteiger partial charge in [0.25, 0.3) is 0 Å². The van der Waals surface area contributed by atoms with E-state index in [4.69, 9.17) is 0 Å². The van der Waals surface area contributed by atoms with Crippen LogP contribution >= 0.6 is 0 Å². The first-order valence-electron chi connectivity index (χ1n) is 7.79. The number of fused-ring (bicyclic) bond motifs is 1. The molecule has 1 amide bonds. The number of nitrogens with one attached hydrogen (secondary N) is 2. The van der Waals surface area contributed by atoms with E-state index in [2.05, 4.69) is 30.6 Å². The molecule has 0 spiro atoms. The van der Waals surface area contributed by atoms with Crippen LogP contribution in [0.3, 0.4) is 0 Å². The van der Waals surface area contributed by atoms with Crippen LogP contribution in [-0.4, -0.2) is 25.0 Å². The van der Waals surface area contributed by atoms with E-state index in [-0.39, 0.29) is 11.9 Å². The van der Waals surface area contributed by atoms with Gasteiger partial charge in [0, 0.05) is 13.1 Å². The Bertz CT molecular complexity index is 400. The lowest BCUT2D eigenvalue weighted by Crippen LogP contribution is -2.51. The summed E-state index contributed by atoms with van der Waals surface area (Å²) in [6.07, 6.45) is 8.26. The highest BCUT2D eigenvalue weighted by Crippen LogP contribution is 2.58. The van der Waals surface area contributed by atoms with Crippen LogP contribution in [0.15, 0.2) is 11.6 Å². The molecule has 19 heavy (non-hydrogen) atoms. The van der Waals surface area contributed by atoms with E-state index in [0.29, 0.717) is 5.41 Å². The number of rotatable bonds is 3. The summed E-state index contributed by atoms with van der Waals surface area (Å²) >= 11 is 0. The molecule has 1 saturated carbocycles. The SMILES string of the molecule is CC1(C)C2CC=C(CNC3CCCCNC3=O)C1C2. The number of amides is 1. The molecule has 3 unspecified atom stereocenters. The van der Waals surface area contributed by atoms with E-state index in [1.807, 2.05) is 0 Å². The summed E-state index contributed by atoms with van der Waals surface area (Å²) in [5.41, 5.74) is 2.03. The summed E-state index contributed by atoms with van der Waals surface area (Å²) in [7, 11) is 0. The number of hydrogen-bond donors (Lipinski definition) is 2. The summed E-state index contributed by atoms with van der Waals surface area (Å²) < 4.78 is 0. The van der Waals surface area contributed by atoms with Gasteiger partial charge in [-0.2, -0.15) is 0 Å². The molecule has 2 bridgehead atoms. The molecule has 3 aliphatic carbocycles. The van der Waals surface area contributed by atoms with Crippen molar-refractivity contribution < 1.29 is 4.79 Å². The second-order valence-corrected chi connectivity index (χ2v) is 7.04. The number of allylic oxidation sites excluding steroid dienone is 1. The molecule has 0 radical (unpaired) electrons. The molecule has 2 N–H and O–H groups in total. The van der Waals surface area contributed by atoms with Crippen LogP contribution in [0.1, 0.15) is 46.0 Å². The Labute approximate surface area is 116 Å². The Morgan fingerprint density at radius 3 is 3.00 bits per heavy atom. The quantitative estimate of drug-likeness (QED) is 0.766. The Morgan fingerprint density at radius 1 is 1.42 bits per heavy atom. The Kier molecular flexibility index (Phi) is 3.42. The minimum Gasteiger partial charge on any atom is -0.355 e. The second kappa shape index (κ2) is 4.93. The molecule has 106 valence electrons. The summed E-state index contributed by atoms with van der Waals surface area (Å²) in [6, 6.07) is 0.0179. The van der Waals surface area contributed by atoms with Crippen molar-refractivity contribution in [1.29, 1.82) is 0 Å². The molecule has 4 aliphatic rings. The minimum atomic E-state index is 0.0179. The van der Waals surface area contributed by atoms with E-state index in [1.165, 1.54) is 12.8 Å². The van der Waals surface area contributed by atoms with Crippen molar-refractivity contribution in [2.45, 2.75) is 52.0 Å². The maximum atomic E-state index is 11.9. The zero-order valence-corrected chi connectivity index (χ0v) is 12.2. The van der Waals surface area contributed by atoms with Gasteiger partial charge in [-0.1, -0.05) is 25.5 Å². The molecule has 0 aromatic carbocycles. The summed E-state index contributed by atoms with van der Waals surface area (Å²) in [4.78, 5) is 11.9. The third-order valence-corrected chi connectivity index (χ3v) is 5.67. The van der Waals surface area contributed by atoms with Crippen LogP contribution in [0.2, 0.25) is 0 Å². The molecular formula is C16H26N2O. The molecule has 1 aliphatic heterocycles.